The van der Waals surface area contributed by atoms with Crippen molar-refractivity contribution in [3.05, 3.63) is 24.1 Å². The summed E-state index contributed by atoms with van der Waals surface area (Å²) in [7, 11) is 0. The van der Waals surface area contributed by atoms with Crippen LogP contribution in [0.15, 0.2) is 18.2 Å². The van der Waals surface area contributed by atoms with Crippen molar-refractivity contribution in [2.45, 2.75) is 52.3 Å². The molecule has 22 heavy (non-hydrogen) atoms. The van der Waals surface area contributed by atoms with Crippen LogP contribution in [-0.2, 0) is 4.74 Å². The van der Waals surface area contributed by atoms with Gasteiger partial charge in [-0.1, -0.05) is 6.07 Å². The van der Waals surface area contributed by atoms with E-state index in [1.54, 1.807) is 17.0 Å². The van der Waals surface area contributed by atoms with Gasteiger partial charge in [-0.25, -0.2) is 9.78 Å². The Balaban J connectivity index is 2.11. The highest BCUT2D eigenvalue weighted by Crippen LogP contribution is 2.24. The first kappa shape index (κ1) is 16.5. The summed E-state index contributed by atoms with van der Waals surface area (Å²) in [4.78, 5) is 19.9. The number of carbonyl (C=O) groups excluding carboxylic acids is 1. The molecule has 1 aromatic heterocycles. The van der Waals surface area contributed by atoms with Gasteiger partial charge in [-0.15, -0.1) is 0 Å². The second-order valence-corrected chi connectivity index (χ2v) is 6.81. The smallest absolute Gasteiger partial charge is 0.410 e. The van der Waals surface area contributed by atoms with E-state index in [0.717, 1.165) is 0 Å². The zero-order valence-electron chi connectivity index (χ0n) is 13.8. The van der Waals surface area contributed by atoms with E-state index in [1.165, 1.54) is 6.07 Å². The van der Waals surface area contributed by atoms with Crippen LogP contribution in [0.4, 0.5) is 15.0 Å². The maximum absolute atomic E-state index is 13.3. The van der Waals surface area contributed by atoms with E-state index in [0.29, 0.717) is 18.9 Å². The van der Waals surface area contributed by atoms with Crippen molar-refractivity contribution in [1.82, 2.24) is 9.88 Å². The maximum atomic E-state index is 13.3. The van der Waals surface area contributed by atoms with Crippen LogP contribution < -0.4 is 4.90 Å². The number of pyridine rings is 1. The lowest BCUT2D eigenvalue weighted by atomic mass is 10.1. The number of rotatable bonds is 1. The molecule has 1 amide bonds. The molecule has 2 rings (SSSR count). The number of carbonyl (C=O) groups is 1. The molecular formula is C16H24FN3O2. The number of ether oxygens (including phenoxy) is 1. The number of piperazine rings is 1. The highest BCUT2D eigenvalue weighted by molar-refractivity contribution is 5.69. The summed E-state index contributed by atoms with van der Waals surface area (Å²) < 4.78 is 18.8. The standard InChI is InChI=1S/C16H24FN3O2/c1-11-9-19(15(21)22-16(3,4)5)10-12(2)20(11)14-8-6-7-13(17)18-14/h6-8,11-12H,9-10H2,1-5H3/t11-,12?/m0/s1. The number of anilines is 1. The molecule has 0 bridgehead atoms. The van der Waals surface area contributed by atoms with Crippen LogP contribution in [0, 0.1) is 5.95 Å². The monoisotopic (exact) mass is 309 g/mol. The van der Waals surface area contributed by atoms with Gasteiger partial charge < -0.3 is 14.5 Å². The first-order chi connectivity index (χ1) is 10.2. The lowest BCUT2D eigenvalue weighted by Gasteiger charge is -2.45. The second-order valence-electron chi connectivity index (χ2n) is 6.81. The Morgan fingerprint density at radius 2 is 1.86 bits per heavy atom. The third-order valence-electron chi connectivity index (χ3n) is 3.54. The lowest BCUT2D eigenvalue weighted by Crippen LogP contribution is -2.59. The van der Waals surface area contributed by atoms with Gasteiger partial charge in [-0.2, -0.15) is 4.39 Å². The van der Waals surface area contributed by atoms with E-state index >= 15 is 0 Å². The molecule has 1 aliphatic rings. The van der Waals surface area contributed by atoms with Crippen LogP contribution in [-0.4, -0.2) is 46.8 Å². The first-order valence-corrected chi connectivity index (χ1v) is 7.56. The second kappa shape index (κ2) is 6.10. The Labute approximate surface area is 131 Å². The Bertz CT molecular complexity index is 532. The van der Waals surface area contributed by atoms with Crippen LogP contribution >= 0.6 is 0 Å². The molecule has 2 atom stereocenters. The van der Waals surface area contributed by atoms with Gasteiger partial charge in [-0.05, 0) is 46.8 Å². The summed E-state index contributed by atoms with van der Waals surface area (Å²) in [5, 5.41) is 0. The van der Waals surface area contributed by atoms with Crippen LogP contribution in [0.1, 0.15) is 34.6 Å². The summed E-state index contributed by atoms with van der Waals surface area (Å²) in [6, 6.07) is 4.84. The molecule has 1 aromatic rings. The lowest BCUT2D eigenvalue weighted by molar-refractivity contribution is 0.0192. The van der Waals surface area contributed by atoms with Crippen molar-refractivity contribution in [3.63, 3.8) is 0 Å². The normalized spacial score (nSPS) is 22.6. The fourth-order valence-electron chi connectivity index (χ4n) is 2.79. The Morgan fingerprint density at radius 3 is 2.36 bits per heavy atom. The van der Waals surface area contributed by atoms with E-state index < -0.39 is 11.5 Å². The molecule has 122 valence electrons. The SMILES string of the molecule is CC1CN(C(=O)OC(C)(C)C)C[C@H](C)N1c1cccc(F)n1. The Morgan fingerprint density at radius 1 is 1.27 bits per heavy atom. The molecule has 2 heterocycles. The number of hydrogen-bond acceptors (Lipinski definition) is 4. The fourth-order valence-corrected chi connectivity index (χ4v) is 2.79. The number of aromatic nitrogens is 1. The largest absolute Gasteiger partial charge is 0.444 e. The molecule has 0 spiro atoms. The highest BCUT2D eigenvalue weighted by Gasteiger charge is 2.34. The highest BCUT2D eigenvalue weighted by atomic mass is 19.1. The van der Waals surface area contributed by atoms with Crippen molar-refractivity contribution < 1.29 is 13.9 Å². The zero-order valence-corrected chi connectivity index (χ0v) is 13.8. The Hall–Kier alpha value is -1.85. The number of halogens is 1. The molecule has 5 nitrogen and oxygen atoms in total. The number of nitrogens with zero attached hydrogens (tertiary/aromatic N) is 3. The van der Waals surface area contributed by atoms with Gasteiger partial charge in [0.2, 0.25) is 5.95 Å². The van der Waals surface area contributed by atoms with Crippen molar-refractivity contribution >= 4 is 11.9 Å². The third kappa shape index (κ3) is 3.87. The topological polar surface area (TPSA) is 45.7 Å². The van der Waals surface area contributed by atoms with Gasteiger partial charge in [0.25, 0.3) is 0 Å². The van der Waals surface area contributed by atoms with Crippen molar-refractivity contribution in [3.8, 4) is 0 Å². The van der Waals surface area contributed by atoms with Gasteiger partial charge in [0.05, 0.1) is 0 Å². The average molecular weight is 309 g/mol. The first-order valence-electron chi connectivity index (χ1n) is 7.56. The predicted octanol–water partition coefficient (Wildman–Crippen LogP) is 3.05. The molecule has 1 fully saturated rings. The van der Waals surface area contributed by atoms with Gasteiger partial charge in [0, 0.05) is 25.2 Å². The van der Waals surface area contributed by atoms with E-state index in [1.807, 2.05) is 39.5 Å². The van der Waals surface area contributed by atoms with Crippen LogP contribution in [0.5, 0.6) is 0 Å². The summed E-state index contributed by atoms with van der Waals surface area (Å²) in [5.41, 5.74) is -0.509. The molecule has 6 heteroatoms. The average Bonchev–Trinajstić information content (AvgIpc) is 2.35. The van der Waals surface area contributed by atoms with Crippen molar-refractivity contribution in [1.29, 1.82) is 0 Å². The van der Waals surface area contributed by atoms with Gasteiger partial charge in [0.1, 0.15) is 11.4 Å². The molecule has 1 saturated heterocycles. The van der Waals surface area contributed by atoms with Crippen LogP contribution in [0.2, 0.25) is 0 Å². The summed E-state index contributed by atoms with van der Waals surface area (Å²) in [6.07, 6.45) is -0.307. The predicted molar refractivity (Wildman–Crippen MR) is 83.4 cm³/mol. The molecule has 1 aliphatic heterocycles. The van der Waals surface area contributed by atoms with Gasteiger partial charge in [-0.3, -0.25) is 0 Å². The van der Waals surface area contributed by atoms with E-state index in [2.05, 4.69) is 4.98 Å². The summed E-state index contributed by atoms with van der Waals surface area (Å²) in [5.74, 6) is 0.107. The van der Waals surface area contributed by atoms with Gasteiger partial charge in [0.15, 0.2) is 0 Å². The van der Waals surface area contributed by atoms with Crippen LogP contribution in [0.3, 0.4) is 0 Å². The number of amides is 1. The maximum Gasteiger partial charge on any atom is 0.410 e. The minimum Gasteiger partial charge on any atom is -0.444 e. The molecule has 0 radical (unpaired) electrons. The molecule has 0 aliphatic carbocycles. The van der Waals surface area contributed by atoms with Crippen molar-refractivity contribution in [2.75, 3.05) is 18.0 Å². The molecule has 0 saturated carbocycles. The molecular weight excluding hydrogens is 285 g/mol. The van der Waals surface area contributed by atoms with E-state index in [4.69, 9.17) is 4.74 Å². The number of hydrogen-bond donors (Lipinski definition) is 0. The third-order valence-corrected chi connectivity index (χ3v) is 3.54. The van der Waals surface area contributed by atoms with E-state index in [-0.39, 0.29) is 18.2 Å². The minimum atomic E-state index is -0.509. The molecule has 1 unspecified atom stereocenters. The molecule has 0 aromatic carbocycles. The van der Waals surface area contributed by atoms with E-state index in [9.17, 15) is 9.18 Å². The zero-order chi connectivity index (χ0) is 16.5. The minimum absolute atomic E-state index is 0.0329. The van der Waals surface area contributed by atoms with Crippen LogP contribution in [0.25, 0.3) is 0 Å². The quantitative estimate of drug-likeness (QED) is 0.748. The van der Waals surface area contributed by atoms with Crippen molar-refractivity contribution in [2.24, 2.45) is 0 Å². The van der Waals surface area contributed by atoms with Gasteiger partial charge >= 0.3 is 6.09 Å². The summed E-state index contributed by atoms with van der Waals surface area (Å²) in [6.45, 7) is 10.6. The Kier molecular flexibility index (Phi) is 4.58. The summed E-state index contributed by atoms with van der Waals surface area (Å²) >= 11 is 0. The fraction of sp³-hybridized carbons (Fsp3) is 0.625. The molecule has 0 N–H and O–H groups in total.